The van der Waals surface area contributed by atoms with Crippen LogP contribution in [0.4, 0.5) is 14.5 Å². The third-order valence-corrected chi connectivity index (χ3v) is 7.94. The number of carbonyl (C=O) groups excluding carboxylic acids is 1. The van der Waals surface area contributed by atoms with E-state index in [1.54, 1.807) is 0 Å². The Hall–Kier alpha value is -3.00. The van der Waals surface area contributed by atoms with E-state index in [0.717, 1.165) is 0 Å². The van der Waals surface area contributed by atoms with E-state index in [1.807, 2.05) is 33.8 Å². The first-order chi connectivity index (χ1) is 16.1. The maximum atomic E-state index is 13.8. The van der Waals surface area contributed by atoms with Crippen molar-refractivity contribution in [2.75, 3.05) is 4.72 Å². The van der Waals surface area contributed by atoms with Crippen LogP contribution in [0.15, 0.2) is 29.2 Å². The fourth-order valence-corrected chi connectivity index (χ4v) is 4.97. The standard InChI is InChI=1S/C24H31F2N5O3S/c1-15(23(2,3)4)28-22(32)21-20(30-35(33,34)18-8-6-16(14-27)7-9-18)19(29-31(21)5)17-10-12-24(25,26)13-11-17/h6-9,15,17,30H,10-13H2,1-5H3,(H,28,32). The molecule has 8 nitrogen and oxygen atoms in total. The number of anilines is 1. The van der Waals surface area contributed by atoms with Gasteiger partial charge >= 0.3 is 0 Å². The molecule has 2 aromatic rings. The van der Waals surface area contributed by atoms with Gasteiger partial charge < -0.3 is 5.32 Å². The summed E-state index contributed by atoms with van der Waals surface area (Å²) in [6.07, 6.45) is -0.429. The lowest BCUT2D eigenvalue weighted by Crippen LogP contribution is -2.42. The molecule has 0 saturated heterocycles. The maximum absolute atomic E-state index is 13.8. The Kier molecular flexibility index (Phi) is 7.27. The van der Waals surface area contributed by atoms with E-state index in [0.29, 0.717) is 5.56 Å². The van der Waals surface area contributed by atoms with Gasteiger partial charge in [-0.3, -0.25) is 14.2 Å². The zero-order valence-corrected chi connectivity index (χ0v) is 21.3. The van der Waals surface area contributed by atoms with Crippen LogP contribution in [0.25, 0.3) is 0 Å². The first kappa shape index (κ1) is 26.6. The number of aryl methyl sites for hydroxylation is 1. The van der Waals surface area contributed by atoms with Crippen LogP contribution in [0.5, 0.6) is 0 Å². The summed E-state index contributed by atoms with van der Waals surface area (Å²) in [6.45, 7) is 7.73. The highest BCUT2D eigenvalue weighted by Crippen LogP contribution is 2.43. The molecule has 0 bridgehead atoms. The van der Waals surface area contributed by atoms with Gasteiger partial charge in [0.1, 0.15) is 11.4 Å². The molecule has 1 heterocycles. The molecule has 2 N–H and O–H groups in total. The van der Waals surface area contributed by atoms with E-state index >= 15 is 0 Å². The smallest absolute Gasteiger partial charge is 0.271 e. The lowest BCUT2D eigenvalue weighted by molar-refractivity contribution is -0.0384. The summed E-state index contributed by atoms with van der Waals surface area (Å²) in [4.78, 5) is 13.2. The molecule has 1 aromatic heterocycles. The van der Waals surface area contributed by atoms with Crippen molar-refractivity contribution in [2.24, 2.45) is 12.5 Å². The number of aromatic nitrogens is 2. The van der Waals surface area contributed by atoms with Gasteiger partial charge in [-0.05, 0) is 49.4 Å². The van der Waals surface area contributed by atoms with Gasteiger partial charge in [-0.2, -0.15) is 10.4 Å². The summed E-state index contributed by atoms with van der Waals surface area (Å²) in [5, 5.41) is 16.3. The first-order valence-electron chi connectivity index (χ1n) is 11.4. The third kappa shape index (κ3) is 5.99. The van der Waals surface area contributed by atoms with Gasteiger partial charge in [0.25, 0.3) is 15.9 Å². The van der Waals surface area contributed by atoms with Crippen LogP contribution < -0.4 is 10.0 Å². The van der Waals surface area contributed by atoms with Crippen molar-refractivity contribution < 1.29 is 22.0 Å². The number of nitriles is 1. The van der Waals surface area contributed by atoms with Crippen LogP contribution in [0.3, 0.4) is 0 Å². The Bertz CT molecular complexity index is 1230. The molecule has 1 amide bonds. The van der Waals surface area contributed by atoms with E-state index in [2.05, 4.69) is 15.1 Å². The molecule has 190 valence electrons. The second-order valence-corrected chi connectivity index (χ2v) is 11.8. The van der Waals surface area contributed by atoms with Crippen molar-refractivity contribution in [1.82, 2.24) is 15.1 Å². The highest BCUT2D eigenvalue weighted by atomic mass is 32.2. The van der Waals surface area contributed by atoms with Gasteiger partial charge in [0.2, 0.25) is 5.92 Å². The summed E-state index contributed by atoms with van der Waals surface area (Å²) in [7, 11) is -2.64. The molecular weight excluding hydrogens is 476 g/mol. The molecule has 11 heteroatoms. The van der Waals surface area contributed by atoms with Crippen LogP contribution in [0.2, 0.25) is 0 Å². The molecule has 1 fully saturated rings. The minimum absolute atomic E-state index is 0.00523. The number of carbonyl (C=O) groups is 1. The largest absolute Gasteiger partial charge is 0.348 e. The second-order valence-electron chi connectivity index (χ2n) is 10.2. The lowest BCUT2D eigenvalue weighted by atomic mass is 9.84. The molecule has 1 saturated carbocycles. The number of sulfonamides is 1. The van der Waals surface area contributed by atoms with E-state index in [-0.39, 0.29) is 59.1 Å². The van der Waals surface area contributed by atoms with Crippen LogP contribution >= 0.6 is 0 Å². The van der Waals surface area contributed by atoms with Gasteiger partial charge in [-0.15, -0.1) is 0 Å². The molecule has 1 aliphatic carbocycles. The van der Waals surface area contributed by atoms with Crippen molar-refractivity contribution in [2.45, 2.75) is 76.2 Å². The molecule has 1 aromatic carbocycles. The normalized spacial score (nSPS) is 17.4. The summed E-state index contributed by atoms with van der Waals surface area (Å²) < 4.78 is 57.8. The number of rotatable bonds is 6. The molecule has 1 aliphatic rings. The number of hydrogen-bond acceptors (Lipinski definition) is 5. The molecule has 1 atom stereocenters. The van der Waals surface area contributed by atoms with Crippen molar-refractivity contribution in [1.29, 1.82) is 5.26 Å². The molecule has 0 spiro atoms. The number of benzene rings is 1. The molecule has 0 radical (unpaired) electrons. The molecule has 1 unspecified atom stereocenters. The predicted molar refractivity (Wildman–Crippen MR) is 128 cm³/mol. The summed E-state index contributed by atoms with van der Waals surface area (Å²) >= 11 is 0. The highest BCUT2D eigenvalue weighted by molar-refractivity contribution is 7.92. The zero-order chi connectivity index (χ0) is 26.2. The monoisotopic (exact) mass is 507 g/mol. The fraction of sp³-hybridized carbons (Fsp3) is 0.542. The Morgan fingerprint density at radius 1 is 1.23 bits per heavy atom. The van der Waals surface area contributed by atoms with Crippen LogP contribution in [0.1, 0.15) is 81.0 Å². The number of halogens is 2. The van der Waals surface area contributed by atoms with E-state index < -0.39 is 27.8 Å². The van der Waals surface area contributed by atoms with Gasteiger partial charge in [-0.25, -0.2) is 17.2 Å². The minimum Gasteiger partial charge on any atom is -0.348 e. The Labute approximate surface area is 204 Å². The summed E-state index contributed by atoms with van der Waals surface area (Å²) in [6, 6.07) is 7.02. The van der Waals surface area contributed by atoms with Gasteiger partial charge in [-0.1, -0.05) is 20.8 Å². The first-order valence-corrected chi connectivity index (χ1v) is 12.9. The Balaban J connectivity index is 2.05. The number of amides is 1. The topological polar surface area (TPSA) is 117 Å². The van der Waals surface area contributed by atoms with Crippen molar-refractivity contribution in [3.63, 3.8) is 0 Å². The average molecular weight is 508 g/mol. The SMILES string of the molecule is CC(NC(=O)c1c(NS(=O)(=O)c2ccc(C#N)cc2)c(C2CCC(F)(F)CC2)nn1C)C(C)(C)C. The third-order valence-electron chi connectivity index (χ3n) is 6.57. The van der Waals surface area contributed by atoms with Crippen molar-refractivity contribution in [3.8, 4) is 6.07 Å². The Morgan fingerprint density at radius 3 is 2.31 bits per heavy atom. The van der Waals surface area contributed by atoms with Crippen LogP contribution in [0, 0.1) is 16.7 Å². The van der Waals surface area contributed by atoms with Crippen LogP contribution in [-0.2, 0) is 17.1 Å². The number of hydrogen-bond donors (Lipinski definition) is 2. The summed E-state index contributed by atoms with van der Waals surface area (Å²) in [5.41, 5.74) is 0.310. The molecule has 3 rings (SSSR count). The molecule has 35 heavy (non-hydrogen) atoms. The average Bonchev–Trinajstić information content (AvgIpc) is 3.08. The quantitative estimate of drug-likeness (QED) is 0.595. The fourth-order valence-electron chi connectivity index (χ4n) is 3.89. The number of nitrogens with zero attached hydrogens (tertiary/aromatic N) is 3. The molecular formula is C24H31F2N5O3S. The van der Waals surface area contributed by atoms with E-state index in [1.165, 1.54) is 36.0 Å². The minimum atomic E-state index is -4.16. The number of nitrogens with one attached hydrogen (secondary N) is 2. The molecule has 0 aliphatic heterocycles. The summed E-state index contributed by atoms with van der Waals surface area (Å²) in [5.74, 6) is -3.72. The van der Waals surface area contributed by atoms with Gasteiger partial charge in [0.15, 0.2) is 0 Å². The lowest BCUT2D eigenvalue weighted by Gasteiger charge is -2.28. The zero-order valence-electron chi connectivity index (χ0n) is 20.5. The Morgan fingerprint density at radius 2 is 1.80 bits per heavy atom. The van der Waals surface area contributed by atoms with Gasteiger partial charge in [0, 0.05) is 31.8 Å². The van der Waals surface area contributed by atoms with Crippen LogP contribution in [-0.4, -0.2) is 36.1 Å². The second kappa shape index (κ2) is 9.57. The van der Waals surface area contributed by atoms with Crippen molar-refractivity contribution >= 4 is 21.6 Å². The van der Waals surface area contributed by atoms with Gasteiger partial charge in [0.05, 0.1) is 22.2 Å². The number of alkyl halides is 2. The predicted octanol–water partition coefficient (Wildman–Crippen LogP) is 4.55. The highest BCUT2D eigenvalue weighted by Gasteiger charge is 2.39. The maximum Gasteiger partial charge on any atom is 0.271 e. The van der Waals surface area contributed by atoms with Crippen molar-refractivity contribution in [3.05, 3.63) is 41.2 Å². The van der Waals surface area contributed by atoms with E-state index in [9.17, 15) is 22.0 Å². The van der Waals surface area contributed by atoms with E-state index in [4.69, 9.17) is 5.26 Å².